The number of carbonyl (C=O) groups is 1. The number of ether oxygens (including phenoxy) is 1. The van der Waals surface area contributed by atoms with Crippen LogP contribution in [0.3, 0.4) is 0 Å². The molecule has 6 heteroatoms. The van der Waals surface area contributed by atoms with Gasteiger partial charge in [0.15, 0.2) is 0 Å². The fourth-order valence-corrected chi connectivity index (χ4v) is 2.31. The smallest absolute Gasteiger partial charge is 0.316 e. The summed E-state index contributed by atoms with van der Waals surface area (Å²) in [5.41, 5.74) is 1.03. The second-order valence-electron chi connectivity index (χ2n) is 4.78. The molecule has 0 N–H and O–H groups in total. The summed E-state index contributed by atoms with van der Waals surface area (Å²) in [4.78, 5) is 24.2. The third kappa shape index (κ3) is 3.33. The van der Waals surface area contributed by atoms with Crippen molar-refractivity contribution in [3.05, 3.63) is 46.0 Å². The topological polar surface area (TPSA) is 72.7 Å². The van der Waals surface area contributed by atoms with Gasteiger partial charge in [-0.15, -0.1) is 0 Å². The lowest BCUT2D eigenvalue weighted by atomic mass is 10.1. The molecular formula is C14H18N2O4. The van der Waals surface area contributed by atoms with E-state index in [1.54, 1.807) is 4.90 Å². The van der Waals surface area contributed by atoms with E-state index in [1.165, 1.54) is 0 Å². The highest BCUT2D eigenvalue weighted by Crippen LogP contribution is 2.22. The minimum absolute atomic E-state index is 0.166. The van der Waals surface area contributed by atoms with Crippen LogP contribution < -0.4 is 0 Å². The van der Waals surface area contributed by atoms with Gasteiger partial charge in [-0.05, 0) is 18.9 Å². The average molecular weight is 278 g/mol. The van der Waals surface area contributed by atoms with Crippen LogP contribution in [0, 0.1) is 10.1 Å². The SMILES string of the molecule is CCN(Cc1ccccc1)C(=O)C1CCC([N+](=O)[O-])O1. The van der Waals surface area contributed by atoms with E-state index in [9.17, 15) is 14.9 Å². The monoisotopic (exact) mass is 278 g/mol. The Kier molecular flexibility index (Phi) is 4.68. The van der Waals surface area contributed by atoms with Gasteiger partial charge in [-0.3, -0.25) is 14.9 Å². The molecule has 2 unspecified atom stereocenters. The second kappa shape index (κ2) is 6.47. The Hall–Kier alpha value is -1.95. The number of hydrogen-bond donors (Lipinski definition) is 0. The molecule has 1 amide bonds. The molecule has 20 heavy (non-hydrogen) atoms. The maximum atomic E-state index is 12.3. The fourth-order valence-electron chi connectivity index (χ4n) is 2.31. The van der Waals surface area contributed by atoms with E-state index in [0.717, 1.165) is 5.56 Å². The number of hydrogen-bond acceptors (Lipinski definition) is 4. The van der Waals surface area contributed by atoms with Crippen LogP contribution in [0.2, 0.25) is 0 Å². The van der Waals surface area contributed by atoms with Crippen LogP contribution in [0.4, 0.5) is 0 Å². The van der Waals surface area contributed by atoms with E-state index < -0.39 is 17.3 Å². The minimum Gasteiger partial charge on any atom is -0.336 e. The van der Waals surface area contributed by atoms with Gasteiger partial charge in [0, 0.05) is 19.5 Å². The molecule has 6 nitrogen and oxygen atoms in total. The summed E-state index contributed by atoms with van der Waals surface area (Å²) in [5, 5.41) is 10.7. The number of nitro groups is 1. The van der Waals surface area contributed by atoms with Crippen molar-refractivity contribution in [1.82, 2.24) is 4.90 Å². The van der Waals surface area contributed by atoms with Crippen LogP contribution in [0.15, 0.2) is 30.3 Å². The third-order valence-corrected chi connectivity index (χ3v) is 3.42. The Morgan fingerprint density at radius 1 is 1.40 bits per heavy atom. The lowest BCUT2D eigenvalue weighted by Crippen LogP contribution is -2.39. The molecule has 1 heterocycles. The van der Waals surface area contributed by atoms with Gasteiger partial charge >= 0.3 is 6.23 Å². The van der Waals surface area contributed by atoms with E-state index in [0.29, 0.717) is 25.9 Å². The summed E-state index contributed by atoms with van der Waals surface area (Å²) in [6.45, 7) is 2.94. The number of rotatable bonds is 5. The fraction of sp³-hybridized carbons (Fsp3) is 0.500. The van der Waals surface area contributed by atoms with Crippen LogP contribution in [0.25, 0.3) is 0 Å². The van der Waals surface area contributed by atoms with Crippen molar-refractivity contribution in [2.45, 2.75) is 38.6 Å². The molecule has 2 rings (SSSR count). The molecule has 1 aromatic rings. The van der Waals surface area contributed by atoms with Gasteiger partial charge in [0.1, 0.15) is 6.10 Å². The molecule has 108 valence electrons. The van der Waals surface area contributed by atoms with Crippen molar-refractivity contribution in [2.24, 2.45) is 0 Å². The normalized spacial score (nSPS) is 21.6. The maximum Gasteiger partial charge on any atom is 0.316 e. The zero-order valence-corrected chi connectivity index (χ0v) is 11.4. The first kappa shape index (κ1) is 14.5. The van der Waals surface area contributed by atoms with Crippen LogP contribution in [-0.4, -0.2) is 34.6 Å². The first-order valence-corrected chi connectivity index (χ1v) is 6.73. The zero-order valence-electron chi connectivity index (χ0n) is 11.4. The summed E-state index contributed by atoms with van der Waals surface area (Å²) in [7, 11) is 0. The molecule has 1 fully saturated rings. The molecule has 0 aromatic heterocycles. The van der Waals surface area contributed by atoms with Gasteiger partial charge in [-0.2, -0.15) is 0 Å². The van der Waals surface area contributed by atoms with E-state index >= 15 is 0 Å². The molecular weight excluding hydrogens is 260 g/mol. The molecule has 1 aliphatic heterocycles. The second-order valence-corrected chi connectivity index (χ2v) is 4.78. The van der Waals surface area contributed by atoms with E-state index in [2.05, 4.69) is 0 Å². The number of amides is 1. The van der Waals surface area contributed by atoms with Crippen molar-refractivity contribution >= 4 is 5.91 Å². The average Bonchev–Trinajstić information content (AvgIpc) is 2.95. The van der Waals surface area contributed by atoms with Crippen LogP contribution in [-0.2, 0) is 16.1 Å². The number of likely N-dealkylation sites (N-methyl/N-ethyl adjacent to an activating group) is 1. The predicted octanol–water partition coefficient (Wildman–Crippen LogP) is 1.82. The molecule has 1 aromatic carbocycles. The maximum absolute atomic E-state index is 12.3. The van der Waals surface area contributed by atoms with Crippen molar-refractivity contribution in [1.29, 1.82) is 0 Å². The van der Waals surface area contributed by atoms with Gasteiger partial charge in [0.05, 0.1) is 4.92 Å². The van der Waals surface area contributed by atoms with E-state index in [-0.39, 0.29) is 5.91 Å². The van der Waals surface area contributed by atoms with Crippen molar-refractivity contribution in [2.75, 3.05) is 6.54 Å². The highest BCUT2D eigenvalue weighted by atomic mass is 16.7. The quantitative estimate of drug-likeness (QED) is 0.608. The van der Waals surface area contributed by atoms with E-state index in [1.807, 2.05) is 37.3 Å². The highest BCUT2D eigenvalue weighted by Gasteiger charge is 2.38. The zero-order chi connectivity index (χ0) is 14.5. The molecule has 2 atom stereocenters. The summed E-state index contributed by atoms with van der Waals surface area (Å²) >= 11 is 0. The number of nitrogens with zero attached hydrogens (tertiary/aromatic N) is 2. The van der Waals surface area contributed by atoms with Crippen LogP contribution in [0.5, 0.6) is 0 Å². The molecule has 0 radical (unpaired) electrons. The molecule has 1 saturated heterocycles. The molecule has 0 saturated carbocycles. The Bertz CT molecular complexity index is 477. The van der Waals surface area contributed by atoms with Gasteiger partial charge in [-0.1, -0.05) is 30.3 Å². The van der Waals surface area contributed by atoms with Gasteiger partial charge in [0.25, 0.3) is 5.91 Å². The summed E-state index contributed by atoms with van der Waals surface area (Å²) in [6, 6.07) is 9.66. The van der Waals surface area contributed by atoms with Crippen LogP contribution in [0.1, 0.15) is 25.3 Å². The summed E-state index contributed by atoms with van der Waals surface area (Å²) in [5.74, 6) is -0.166. The largest absolute Gasteiger partial charge is 0.336 e. The molecule has 0 aliphatic carbocycles. The van der Waals surface area contributed by atoms with Crippen molar-refractivity contribution in [3.8, 4) is 0 Å². The lowest BCUT2D eigenvalue weighted by molar-refractivity contribution is -0.570. The van der Waals surface area contributed by atoms with Crippen molar-refractivity contribution in [3.63, 3.8) is 0 Å². The highest BCUT2D eigenvalue weighted by molar-refractivity contribution is 5.81. The standard InChI is InChI=1S/C14H18N2O4/c1-2-15(10-11-6-4-3-5-7-11)14(17)12-8-9-13(20-12)16(18)19/h3-7,12-13H,2,8-10H2,1H3. The Morgan fingerprint density at radius 2 is 2.10 bits per heavy atom. The number of carbonyl (C=O) groups excluding carboxylic acids is 1. The Balaban J connectivity index is 1.98. The Labute approximate surface area is 117 Å². The van der Waals surface area contributed by atoms with E-state index in [4.69, 9.17) is 4.74 Å². The van der Waals surface area contributed by atoms with Gasteiger partial charge in [-0.25, -0.2) is 0 Å². The summed E-state index contributed by atoms with van der Waals surface area (Å²) < 4.78 is 5.21. The van der Waals surface area contributed by atoms with Crippen LogP contribution >= 0.6 is 0 Å². The third-order valence-electron chi connectivity index (χ3n) is 3.42. The van der Waals surface area contributed by atoms with Gasteiger partial charge in [0.2, 0.25) is 0 Å². The molecule has 0 bridgehead atoms. The molecule has 1 aliphatic rings. The van der Waals surface area contributed by atoms with Gasteiger partial charge < -0.3 is 9.64 Å². The minimum atomic E-state index is -1.04. The van der Waals surface area contributed by atoms with Crippen molar-refractivity contribution < 1.29 is 14.5 Å². The predicted molar refractivity (Wildman–Crippen MR) is 72.4 cm³/mol. The first-order valence-electron chi connectivity index (χ1n) is 6.73. The first-order chi connectivity index (χ1) is 9.61. The lowest BCUT2D eigenvalue weighted by Gasteiger charge is -2.23. The summed E-state index contributed by atoms with van der Waals surface area (Å²) in [6.07, 6.45) is -1.02. The molecule has 0 spiro atoms. The number of benzene rings is 1. The Morgan fingerprint density at radius 3 is 2.65 bits per heavy atom.